The number of rotatable bonds is 6. The van der Waals surface area contributed by atoms with E-state index >= 15 is 0 Å². The zero-order valence-electron chi connectivity index (χ0n) is 15.6. The molecule has 0 spiro atoms. The molecule has 0 amide bonds. The fourth-order valence-corrected chi connectivity index (χ4v) is 2.96. The average Bonchev–Trinajstić information content (AvgIpc) is 2.96. The number of ether oxygens (including phenoxy) is 1. The van der Waals surface area contributed by atoms with Crippen molar-refractivity contribution < 1.29 is 19.4 Å². The second-order valence-corrected chi connectivity index (χ2v) is 6.88. The molecule has 2 aromatic rings. The van der Waals surface area contributed by atoms with Gasteiger partial charge in [-0.2, -0.15) is 5.10 Å². The Hall–Kier alpha value is -2.45. The maximum Gasteiger partial charge on any atom is 0.354 e. The van der Waals surface area contributed by atoms with Crippen LogP contribution >= 0.6 is 22.9 Å². The summed E-state index contributed by atoms with van der Waals surface area (Å²) in [6.45, 7) is 5.61. The molecule has 0 fully saturated rings. The lowest BCUT2D eigenvalue weighted by atomic mass is 10.2. The number of aliphatic carboxylic acids is 1. The van der Waals surface area contributed by atoms with Crippen molar-refractivity contribution in [1.29, 1.82) is 0 Å². The van der Waals surface area contributed by atoms with E-state index < -0.39 is 5.97 Å². The summed E-state index contributed by atoms with van der Waals surface area (Å²) in [4.78, 5) is 26.7. The molecule has 2 N–H and O–H groups in total. The smallest absolute Gasteiger partial charge is 0.354 e. The number of carboxylic acids is 1. The first-order chi connectivity index (χ1) is 12.8. The number of hydrogen-bond acceptors (Lipinski definition) is 7. The number of hydrazone groups is 1. The highest BCUT2D eigenvalue weighted by Crippen LogP contribution is 2.28. The van der Waals surface area contributed by atoms with Gasteiger partial charge in [-0.1, -0.05) is 23.7 Å². The predicted octanol–water partition coefficient (Wildman–Crippen LogP) is 3.54. The number of aromatic nitrogens is 1. The first-order valence-corrected chi connectivity index (χ1v) is 9.30. The summed E-state index contributed by atoms with van der Waals surface area (Å²) >= 11 is 7.31. The summed E-state index contributed by atoms with van der Waals surface area (Å²) in [6, 6.07) is 7.35. The molecule has 1 heterocycles. The third-order valence-electron chi connectivity index (χ3n) is 3.15. The molecular weight excluding hydrogens is 390 g/mol. The van der Waals surface area contributed by atoms with Gasteiger partial charge in [0.25, 0.3) is 0 Å². The van der Waals surface area contributed by atoms with Crippen LogP contribution in [0.5, 0.6) is 0 Å². The highest BCUT2D eigenvalue weighted by atomic mass is 35.5. The molecule has 146 valence electrons. The number of benzene rings is 1. The molecule has 1 aromatic carbocycles. The molecule has 0 aliphatic rings. The van der Waals surface area contributed by atoms with Crippen LogP contribution in [0.4, 0.5) is 0 Å². The van der Waals surface area contributed by atoms with E-state index in [2.05, 4.69) is 20.2 Å². The van der Waals surface area contributed by atoms with Gasteiger partial charge in [0, 0.05) is 22.5 Å². The number of esters is 1. The van der Waals surface area contributed by atoms with Gasteiger partial charge < -0.3 is 15.3 Å². The number of hydrogen-bond donors (Lipinski definition) is 2. The van der Waals surface area contributed by atoms with Crippen LogP contribution in [0.1, 0.15) is 24.4 Å². The molecule has 9 heteroatoms. The minimum absolute atomic E-state index is 0.0318. The summed E-state index contributed by atoms with van der Waals surface area (Å²) in [5.41, 5.74) is 4.42. The van der Waals surface area contributed by atoms with E-state index in [1.54, 1.807) is 33.0 Å². The quantitative estimate of drug-likeness (QED) is 0.428. The van der Waals surface area contributed by atoms with Crippen molar-refractivity contribution in [2.24, 2.45) is 5.10 Å². The lowest BCUT2D eigenvalue weighted by molar-refractivity contribution is -0.136. The molecule has 0 aliphatic heterocycles. The fourth-order valence-electron chi connectivity index (χ4n) is 1.90. The van der Waals surface area contributed by atoms with Gasteiger partial charge in [0.2, 0.25) is 0 Å². The van der Waals surface area contributed by atoms with Crippen molar-refractivity contribution >= 4 is 40.6 Å². The van der Waals surface area contributed by atoms with E-state index in [0.29, 0.717) is 23.0 Å². The van der Waals surface area contributed by atoms with Gasteiger partial charge in [-0.15, -0.1) is 11.3 Å². The van der Waals surface area contributed by atoms with Crippen LogP contribution in [0.2, 0.25) is 5.02 Å². The highest BCUT2D eigenvalue weighted by Gasteiger charge is 2.12. The van der Waals surface area contributed by atoms with Gasteiger partial charge in [-0.3, -0.25) is 4.79 Å². The number of halogens is 1. The van der Waals surface area contributed by atoms with Gasteiger partial charge in [0.1, 0.15) is 10.7 Å². The summed E-state index contributed by atoms with van der Waals surface area (Å²) in [5, 5.41) is 13.9. The van der Waals surface area contributed by atoms with E-state index in [1.807, 2.05) is 19.1 Å². The number of aryl methyl sites for hydroxylation is 1. The van der Waals surface area contributed by atoms with Gasteiger partial charge in [-0.25, -0.2) is 9.78 Å². The Balaban J connectivity index is 0.000000314. The maximum absolute atomic E-state index is 10.7. The largest absolute Gasteiger partial charge is 0.481 e. The molecule has 7 nitrogen and oxygen atoms in total. The molecule has 0 atom stereocenters. The third-order valence-corrected chi connectivity index (χ3v) is 4.47. The molecule has 27 heavy (non-hydrogen) atoms. The zero-order valence-corrected chi connectivity index (χ0v) is 17.1. The van der Waals surface area contributed by atoms with Crippen LogP contribution in [-0.4, -0.2) is 41.4 Å². The number of thiazole rings is 1. The number of carbonyl (C=O) groups is 2. The van der Waals surface area contributed by atoms with Gasteiger partial charge in [0.15, 0.2) is 0 Å². The Kier molecular flexibility index (Phi) is 9.46. The molecule has 0 aliphatic carbocycles. The summed E-state index contributed by atoms with van der Waals surface area (Å²) in [7, 11) is 1.63. The van der Waals surface area contributed by atoms with E-state index in [0.717, 1.165) is 15.4 Å². The summed E-state index contributed by atoms with van der Waals surface area (Å²) < 4.78 is 4.65. The Labute approximate surface area is 167 Å². The van der Waals surface area contributed by atoms with Gasteiger partial charge in [0.05, 0.1) is 18.7 Å². The van der Waals surface area contributed by atoms with E-state index in [1.165, 1.54) is 11.3 Å². The monoisotopic (exact) mass is 411 g/mol. The molecule has 0 saturated carbocycles. The molecule has 0 bridgehead atoms. The summed E-state index contributed by atoms with van der Waals surface area (Å²) in [5.74, 6) is -1.24. The SMILES string of the molecule is CCOC(=O)C(C)=NNC.Cc1sc(-c2ccc(Cl)cc2)nc1CC(=O)O. The Morgan fingerprint density at radius 3 is 2.48 bits per heavy atom. The third kappa shape index (κ3) is 7.76. The average molecular weight is 412 g/mol. The van der Waals surface area contributed by atoms with Crippen LogP contribution in [0.25, 0.3) is 10.6 Å². The van der Waals surface area contributed by atoms with Crippen molar-refractivity contribution in [1.82, 2.24) is 10.4 Å². The second kappa shape index (κ2) is 11.3. The van der Waals surface area contributed by atoms with Crippen LogP contribution in [0.15, 0.2) is 29.4 Å². The van der Waals surface area contributed by atoms with Crippen molar-refractivity contribution in [2.75, 3.05) is 13.7 Å². The number of carbonyl (C=O) groups excluding carboxylic acids is 1. The summed E-state index contributed by atoms with van der Waals surface area (Å²) in [6.07, 6.45) is -0.0318. The van der Waals surface area contributed by atoms with Crippen LogP contribution in [0, 0.1) is 6.92 Å². The lowest BCUT2D eigenvalue weighted by Crippen LogP contribution is -2.16. The first-order valence-electron chi connectivity index (χ1n) is 8.10. The van der Waals surface area contributed by atoms with Crippen molar-refractivity contribution in [2.45, 2.75) is 27.2 Å². The van der Waals surface area contributed by atoms with E-state index in [4.69, 9.17) is 16.7 Å². The topological polar surface area (TPSA) is 101 Å². The second-order valence-electron chi connectivity index (χ2n) is 5.24. The van der Waals surface area contributed by atoms with Crippen molar-refractivity contribution in [3.05, 3.63) is 39.9 Å². The minimum Gasteiger partial charge on any atom is -0.481 e. The van der Waals surface area contributed by atoms with Crippen LogP contribution in [-0.2, 0) is 20.7 Å². The first kappa shape index (κ1) is 22.6. The molecular formula is C18H22ClN3O4S. The number of carboxylic acid groups (broad SMARTS) is 1. The number of nitrogens with one attached hydrogen (secondary N) is 1. The van der Waals surface area contributed by atoms with Gasteiger partial charge in [-0.05, 0) is 32.9 Å². The molecule has 0 unspecified atom stereocenters. The van der Waals surface area contributed by atoms with Crippen LogP contribution < -0.4 is 5.43 Å². The molecule has 1 aromatic heterocycles. The minimum atomic E-state index is -0.860. The number of nitrogens with zero attached hydrogens (tertiary/aromatic N) is 2. The zero-order chi connectivity index (χ0) is 20.4. The van der Waals surface area contributed by atoms with Crippen molar-refractivity contribution in [3.63, 3.8) is 0 Å². The highest BCUT2D eigenvalue weighted by molar-refractivity contribution is 7.15. The fraction of sp³-hybridized carbons (Fsp3) is 0.333. The standard InChI is InChI=1S/C12H10ClNO2S.C6H12N2O2/c1-7-10(6-11(15)16)14-12(17-7)8-2-4-9(13)5-3-8;1-4-10-6(9)5(2)8-7-3/h2-5H,6H2,1H3,(H,15,16);7H,4H2,1-3H3. The van der Waals surface area contributed by atoms with E-state index in [-0.39, 0.29) is 12.4 Å². The Morgan fingerprint density at radius 2 is 1.96 bits per heavy atom. The Morgan fingerprint density at radius 1 is 1.33 bits per heavy atom. The molecule has 0 radical (unpaired) electrons. The molecule has 2 rings (SSSR count). The molecule has 0 saturated heterocycles. The van der Waals surface area contributed by atoms with Crippen molar-refractivity contribution in [3.8, 4) is 10.6 Å². The van der Waals surface area contributed by atoms with Crippen LogP contribution in [0.3, 0.4) is 0 Å². The normalized spacial score (nSPS) is 10.6. The maximum atomic E-state index is 10.7. The van der Waals surface area contributed by atoms with E-state index in [9.17, 15) is 9.59 Å². The lowest BCUT2D eigenvalue weighted by Gasteiger charge is -1.98. The Bertz CT molecular complexity index is 803. The predicted molar refractivity (Wildman–Crippen MR) is 107 cm³/mol. The van der Waals surface area contributed by atoms with Gasteiger partial charge >= 0.3 is 11.9 Å².